The molecule has 4 aromatic carbocycles. The Hall–Kier alpha value is -3.06. The Morgan fingerprint density at radius 3 is 0.702 bits per heavy atom. The quantitative estimate of drug-likeness (QED) is 0.141. The number of methoxy groups -OCH3 is 4. The van der Waals surface area contributed by atoms with Gasteiger partial charge in [0.25, 0.3) is 0 Å². The largest absolute Gasteiger partial charge is 0.496 e. The highest BCUT2D eigenvalue weighted by atomic mass is 31.1. The minimum absolute atomic E-state index is 0.422. The van der Waals surface area contributed by atoms with Crippen LogP contribution in [0.3, 0.4) is 0 Å². The van der Waals surface area contributed by atoms with Crippen molar-refractivity contribution in [3.63, 3.8) is 0 Å². The van der Waals surface area contributed by atoms with Crippen LogP contribution < -0.4 is 40.2 Å². The third-order valence-electron chi connectivity index (χ3n) is 9.27. The van der Waals surface area contributed by atoms with Crippen LogP contribution in [0.1, 0.15) is 64.8 Å². The van der Waals surface area contributed by atoms with Crippen LogP contribution >= 0.6 is 15.8 Å². The van der Waals surface area contributed by atoms with E-state index in [4.69, 9.17) is 18.9 Å². The van der Waals surface area contributed by atoms with Crippen LogP contribution in [-0.2, 0) is 0 Å². The molecule has 0 fully saturated rings. The van der Waals surface area contributed by atoms with Gasteiger partial charge in [0.05, 0.1) is 28.4 Å². The Morgan fingerprint density at radius 2 is 0.553 bits per heavy atom. The fraction of sp³-hybridized carbons (Fsp3) is 0.415. The molecule has 0 radical (unpaired) electrons. The average molecular weight is 673 g/mol. The maximum atomic E-state index is 5.79. The molecule has 4 rings (SSSR count). The molecule has 0 spiro atoms. The van der Waals surface area contributed by atoms with Gasteiger partial charge >= 0.3 is 0 Å². The van der Waals surface area contributed by atoms with Gasteiger partial charge < -0.3 is 18.9 Å². The fourth-order valence-electron chi connectivity index (χ4n) is 7.57. The van der Waals surface area contributed by atoms with Crippen molar-refractivity contribution in [2.75, 3.05) is 28.4 Å². The van der Waals surface area contributed by atoms with Crippen molar-refractivity contribution in [3.8, 4) is 23.0 Å². The number of hydrogen-bond donors (Lipinski definition) is 0. The van der Waals surface area contributed by atoms with Crippen molar-refractivity contribution < 1.29 is 18.9 Å². The van der Waals surface area contributed by atoms with Gasteiger partial charge in [0.15, 0.2) is 0 Å². The highest BCUT2D eigenvalue weighted by Gasteiger charge is 2.30. The molecule has 4 aromatic rings. The van der Waals surface area contributed by atoms with Crippen molar-refractivity contribution in [1.29, 1.82) is 0 Å². The standard InChI is InChI=1S/C41H54O4P2/c1-24-15-34(16-25(2)38(24)42-11)46(35-17-26(3)39(43-12)27(4)18-35)32(9)23-33(10)47(36-19-28(5)40(44-13)29(6)20-36)37-21-30(7)41(45-14)31(8)22-37/h15-22,32-33H,23H2,1-14H3. The molecule has 0 aliphatic heterocycles. The van der Waals surface area contributed by atoms with Crippen LogP contribution in [0, 0.1) is 55.4 Å². The molecule has 0 amide bonds. The summed E-state index contributed by atoms with van der Waals surface area (Å²) in [4.78, 5) is 0. The van der Waals surface area contributed by atoms with E-state index in [1.165, 1.54) is 65.7 Å². The number of hydrogen-bond acceptors (Lipinski definition) is 4. The number of benzene rings is 4. The minimum atomic E-state index is -0.688. The van der Waals surface area contributed by atoms with Gasteiger partial charge in [0.2, 0.25) is 0 Å². The number of rotatable bonds is 12. The summed E-state index contributed by atoms with van der Waals surface area (Å²) in [5.74, 6) is 3.91. The summed E-state index contributed by atoms with van der Waals surface area (Å²) in [5.41, 5.74) is 10.3. The summed E-state index contributed by atoms with van der Waals surface area (Å²) in [6, 6.07) is 18.9. The lowest BCUT2D eigenvalue weighted by atomic mass is 10.1. The van der Waals surface area contributed by atoms with E-state index in [9.17, 15) is 0 Å². The van der Waals surface area contributed by atoms with Gasteiger partial charge in [-0.25, -0.2) is 0 Å². The Labute approximate surface area is 286 Å². The molecule has 2 unspecified atom stereocenters. The third kappa shape index (κ3) is 7.66. The lowest BCUT2D eigenvalue weighted by Crippen LogP contribution is -2.27. The Bertz CT molecular complexity index is 1410. The lowest BCUT2D eigenvalue weighted by Gasteiger charge is -2.33. The second kappa shape index (κ2) is 15.4. The van der Waals surface area contributed by atoms with E-state index >= 15 is 0 Å². The number of ether oxygens (including phenoxy) is 4. The predicted molar refractivity (Wildman–Crippen MR) is 206 cm³/mol. The molecule has 0 aliphatic rings. The maximum Gasteiger partial charge on any atom is 0.124 e. The Morgan fingerprint density at radius 1 is 0.383 bits per heavy atom. The first-order chi connectivity index (χ1) is 22.3. The topological polar surface area (TPSA) is 36.9 Å². The SMILES string of the molecule is COc1c(C)cc(P(c2cc(C)c(OC)c(C)c2)C(C)CC(C)P(c2cc(C)c(OC)c(C)c2)c2cc(C)c(OC)c(C)c2)cc1C. The van der Waals surface area contributed by atoms with Crippen LogP contribution in [0.25, 0.3) is 0 Å². The molecule has 47 heavy (non-hydrogen) atoms. The van der Waals surface area contributed by atoms with E-state index in [-0.39, 0.29) is 0 Å². The molecule has 0 aromatic heterocycles. The van der Waals surface area contributed by atoms with E-state index in [1.54, 1.807) is 28.4 Å². The van der Waals surface area contributed by atoms with E-state index in [2.05, 4.69) is 118 Å². The molecule has 252 valence electrons. The Kier molecular flexibility index (Phi) is 12.1. The first-order valence-electron chi connectivity index (χ1n) is 16.5. The summed E-state index contributed by atoms with van der Waals surface area (Å²) < 4.78 is 23.1. The first-order valence-corrected chi connectivity index (χ1v) is 19.3. The smallest absolute Gasteiger partial charge is 0.124 e. The molecule has 6 heteroatoms. The highest BCUT2D eigenvalue weighted by molar-refractivity contribution is 7.74. The van der Waals surface area contributed by atoms with E-state index < -0.39 is 15.8 Å². The van der Waals surface area contributed by atoms with Crippen LogP contribution in [0.5, 0.6) is 23.0 Å². The minimum Gasteiger partial charge on any atom is -0.496 e. The van der Waals surface area contributed by atoms with E-state index in [0.29, 0.717) is 11.3 Å². The average Bonchev–Trinajstić information content (AvgIpc) is 2.97. The molecular weight excluding hydrogens is 618 g/mol. The molecule has 0 bridgehead atoms. The van der Waals surface area contributed by atoms with Gasteiger partial charge in [0, 0.05) is 0 Å². The van der Waals surface area contributed by atoms with Crippen molar-refractivity contribution in [3.05, 3.63) is 93.0 Å². The number of aryl methyl sites for hydroxylation is 8. The summed E-state index contributed by atoms with van der Waals surface area (Å²) in [7, 11) is 5.70. The highest BCUT2D eigenvalue weighted by Crippen LogP contribution is 2.50. The van der Waals surface area contributed by atoms with Gasteiger partial charge in [0.1, 0.15) is 23.0 Å². The van der Waals surface area contributed by atoms with E-state index in [0.717, 1.165) is 29.4 Å². The van der Waals surface area contributed by atoms with Crippen molar-refractivity contribution in [2.45, 2.75) is 87.0 Å². The van der Waals surface area contributed by atoms with Crippen molar-refractivity contribution in [2.24, 2.45) is 0 Å². The zero-order valence-electron chi connectivity index (χ0n) is 31.0. The lowest BCUT2D eigenvalue weighted by molar-refractivity contribution is 0.408. The van der Waals surface area contributed by atoms with Gasteiger partial charge in [-0.1, -0.05) is 13.8 Å². The fourth-order valence-corrected chi connectivity index (χ4v) is 14.1. The second-order valence-electron chi connectivity index (χ2n) is 13.1. The summed E-state index contributed by atoms with van der Waals surface area (Å²) in [6.07, 6.45) is 1.08. The van der Waals surface area contributed by atoms with Crippen LogP contribution in [0.2, 0.25) is 0 Å². The molecule has 0 N–H and O–H groups in total. The van der Waals surface area contributed by atoms with Gasteiger partial charge in [-0.2, -0.15) is 0 Å². The molecular formula is C41H54O4P2. The van der Waals surface area contributed by atoms with E-state index in [1.807, 2.05) is 0 Å². The normalized spacial score (nSPS) is 12.8. The summed E-state index contributed by atoms with van der Waals surface area (Å²) in [6.45, 7) is 22.3. The third-order valence-corrected chi connectivity index (χ3v) is 14.7. The molecule has 0 saturated carbocycles. The van der Waals surface area contributed by atoms with Gasteiger partial charge in [-0.05, 0) is 203 Å². The second-order valence-corrected chi connectivity index (χ2v) is 18.4. The molecule has 0 saturated heterocycles. The monoisotopic (exact) mass is 672 g/mol. The summed E-state index contributed by atoms with van der Waals surface area (Å²) in [5, 5.41) is 5.60. The molecule has 2 atom stereocenters. The van der Waals surface area contributed by atoms with Crippen LogP contribution in [0.15, 0.2) is 48.5 Å². The maximum absolute atomic E-state index is 5.79. The predicted octanol–water partition coefficient (Wildman–Crippen LogP) is 8.92. The van der Waals surface area contributed by atoms with Crippen LogP contribution in [0.4, 0.5) is 0 Å². The molecule has 0 heterocycles. The molecule has 0 aliphatic carbocycles. The summed E-state index contributed by atoms with van der Waals surface area (Å²) >= 11 is 0. The van der Waals surface area contributed by atoms with Gasteiger partial charge in [-0.3, -0.25) is 0 Å². The first kappa shape index (κ1) is 36.8. The van der Waals surface area contributed by atoms with Crippen molar-refractivity contribution in [1.82, 2.24) is 0 Å². The van der Waals surface area contributed by atoms with Gasteiger partial charge in [-0.15, -0.1) is 0 Å². The zero-order chi connectivity index (χ0) is 34.7. The van der Waals surface area contributed by atoms with Crippen molar-refractivity contribution >= 4 is 37.1 Å². The Balaban J connectivity index is 1.87. The zero-order valence-corrected chi connectivity index (χ0v) is 32.8. The molecule has 4 nitrogen and oxygen atoms in total. The van der Waals surface area contributed by atoms with Crippen LogP contribution in [-0.4, -0.2) is 39.8 Å².